The lowest BCUT2D eigenvalue weighted by Crippen LogP contribution is -2.27. The Morgan fingerprint density at radius 1 is 0.957 bits per heavy atom. The molecule has 2 amide bonds. The van der Waals surface area contributed by atoms with E-state index in [9.17, 15) is 18.4 Å². The van der Waals surface area contributed by atoms with Gasteiger partial charge in [-0.25, -0.2) is 8.78 Å². The van der Waals surface area contributed by atoms with Crippen molar-refractivity contribution in [3.8, 4) is 0 Å². The van der Waals surface area contributed by atoms with Crippen molar-refractivity contribution in [2.45, 2.75) is 18.9 Å². The molecule has 0 aliphatic heterocycles. The van der Waals surface area contributed by atoms with Crippen molar-refractivity contribution in [3.63, 3.8) is 0 Å². The minimum Gasteiger partial charge on any atom is -0.349 e. The number of hydrogen-bond donors (Lipinski definition) is 2. The summed E-state index contributed by atoms with van der Waals surface area (Å²) >= 11 is 0. The van der Waals surface area contributed by atoms with Gasteiger partial charge in [0.2, 0.25) is 0 Å². The monoisotopic (exact) mass is 316 g/mol. The molecule has 0 bridgehead atoms. The van der Waals surface area contributed by atoms with Gasteiger partial charge >= 0.3 is 0 Å². The number of carbonyl (C=O) groups is 2. The molecule has 0 spiro atoms. The van der Waals surface area contributed by atoms with E-state index in [4.69, 9.17) is 0 Å². The van der Waals surface area contributed by atoms with Crippen LogP contribution in [-0.4, -0.2) is 17.9 Å². The Hall–Kier alpha value is -2.76. The number of anilines is 1. The predicted octanol–water partition coefficient (Wildman–Crippen LogP) is 3.11. The zero-order chi connectivity index (χ0) is 16.4. The molecule has 0 atom stereocenters. The molecule has 1 aliphatic carbocycles. The van der Waals surface area contributed by atoms with Gasteiger partial charge in [-0.15, -0.1) is 0 Å². The van der Waals surface area contributed by atoms with Gasteiger partial charge in [-0.05, 0) is 37.1 Å². The molecule has 0 saturated heterocycles. The van der Waals surface area contributed by atoms with Crippen LogP contribution in [0.5, 0.6) is 0 Å². The largest absolute Gasteiger partial charge is 0.349 e. The fourth-order valence-electron chi connectivity index (χ4n) is 2.14. The maximum absolute atomic E-state index is 13.7. The molecule has 1 aliphatic rings. The summed E-state index contributed by atoms with van der Waals surface area (Å²) in [6.45, 7) is 0. The first-order chi connectivity index (χ1) is 11.0. The SMILES string of the molecule is O=C(Nc1ccccc1C(=O)NC1CC1)c1ccc(F)cc1F. The molecule has 0 unspecified atom stereocenters. The first-order valence-electron chi connectivity index (χ1n) is 7.21. The molecule has 23 heavy (non-hydrogen) atoms. The molecule has 2 aromatic rings. The maximum Gasteiger partial charge on any atom is 0.258 e. The molecular formula is C17H14F2N2O2. The van der Waals surface area contributed by atoms with Crippen molar-refractivity contribution in [1.82, 2.24) is 5.32 Å². The van der Waals surface area contributed by atoms with Gasteiger partial charge in [0.05, 0.1) is 16.8 Å². The summed E-state index contributed by atoms with van der Waals surface area (Å²) < 4.78 is 26.6. The average Bonchev–Trinajstić information content (AvgIpc) is 3.31. The third-order valence-electron chi connectivity index (χ3n) is 3.51. The second kappa shape index (κ2) is 6.16. The summed E-state index contributed by atoms with van der Waals surface area (Å²) in [5.41, 5.74) is 0.290. The smallest absolute Gasteiger partial charge is 0.258 e. The first-order valence-corrected chi connectivity index (χ1v) is 7.21. The summed E-state index contributed by atoms with van der Waals surface area (Å²) in [4.78, 5) is 24.3. The van der Waals surface area contributed by atoms with E-state index in [1.54, 1.807) is 24.3 Å². The van der Waals surface area contributed by atoms with E-state index >= 15 is 0 Å². The zero-order valence-electron chi connectivity index (χ0n) is 12.1. The van der Waals surface area contributed by atoms with Crippen LogP contribution < -0.4 is 10.6 Å². The van der Waals surface area contributed by atoms with Gasteiger partial charge in [0.1, 0.15) is 11.6 Å². The molecule has 0 aromatic heterocycles. The molecule has 0 heterocycles. The van der Waals surface area contributed by atoms with E-state index < -0.39 is 17.5 Å². The molecule has 2 aromatic carbocycles. The molecule has 0 radical (unpaired) electrons. The Labute approximate surface area is 131 Å². The van der Waals surface area contributed by atoms with Crippen LogP contribution in [0.25, 0.3) is 0 Å². The number of hydrogen-bond acceptors (Lipinski definition) is 2. The number of rotatable bonds is 4. The normalized spacial score (nSPS) is 13.5. The highest BCUT2D eigenvalue weighted by molar-refractivity contribution is 6.09. The third kappa shape index (κ3) is 3.53. The minimum atomic E-state index is -0.956. The summed E-state index contributed by atoms with van der Waals surface area (Å²) in [7, 11) is 0. The Bertz CT molecular complexity index is 773. The van der Waals surface area contributed by atoms with Crippen molar-refractivity contribution in [2.24, 2.45) is 0 Å². The highest BCUT2D eigenvalue weighted by Crippen LogP contribution is 2.22. The Kier molecular flexibility index (Phi) is 4.06. The van der Waals surface area contributed by atoms with Crippen LogP contribution in [0.4, 0.5) is 14.5 Å². The lowest BCUT2D eigenvalue weighted by molar-refractivity contribution is 0.0952. The van der Waals surface area contributed by atoms with Crippen molar-refractivity contribution in [3.05, 3.63) is 65.2 Å². The van der Waals surface area contributed by atoms with Crippen LogP contribution in [0.1, 0.15) is 33.6 Å². The van der Waals surface area contributed by atoms with Crippen LogP contribution in [0.15, 0.2) is 42.5 Å². The molecule has 6 heteroatoms. The topological polar surface area (TPSA) is 58.2 Å². The van der Waals surface area contributed by atoms with Gasteiger partial charge < -0.3 is 10.6 Å². The van der Waals surface area contributed by atoms with Crippen LogP contribution >= 0.6 is 0 Å². The average molecular weight is 316 g/mol. The van der Waals surface area contributed by atoms with E-state index in [1.807, 2.05) is 0 Å². The number of halogens is 2. The number of para-hydroxylation sites is 1. The van der Waals surface area contributed by atoms with E-state index in [1.165, 1.54) is 0 Å². The van der Waals surface area contributed by atoms with Crippen LogP contribution in [0.2, 0.25) is 0 Å². The van der Waals surface area contributed by atoms with Gasteiger partial charge in [0, 0.05) is 12.1 Å². The maximum atomic E-state index is 13.7. The highest BCUT2D eigenvalue weighted by atomic mass is 19.1. The van der Waals surface area contributed by atoms with Crippen LogP contribution in [-0.2, 0) is 0 Å². The van der Waals surface area contributed by atoms with E-state index in [-0.39, 0.29) is 23.2 Å². The van der Waals surface area contributed by atoms with Gasteiger partial charge in [-0.3, -0.25) is 9.59 Å². The van der Waals surface area contributed by atoms with Crippen molar-refractivity contribution < 1.29 is 18.4 Å². The number of carbonyl (C=O) groups excluding carboxylic acids is 2. The molecular weight excluding hydrogens is 302 g/mol. The summed E-state index contributed by atoms with van der Waals surface area (Å²) in [5.74, 6) is -2.75. The van der Waals surface area contributed by atoms with Gasteiger partial charge in [-0.1, -0.05) is 12.1 Å². The Balaban J connectivity index is 1.81. The molecule has 118 valence electrons. The predicted molar refractivity (Wildman–Crippen MR) is 81.2 cm³/mol. The quantitative estimate of drug-likeness (QED) is 0.910. The lowest BCUT2D eigenvalue weighted by Gasteiger charge is -2.11. The fraction of sp³-hybridized carbons (Fsp3) is 0.176. The second-order valence-corrected chi connectivity index (χ2v) is 5.37. The number of nitrogens with one attached hydrogen (secondary N) is 2. The number of benzene rings is 2. The first kappa shape index (κ1) is 15.1. The third-order valence-corrected chi connectivity index (χ3v) is 3.51. The van der Waals surface area contributed by atoms with Gasteiger partial charge in [-0.2, -0.15) is 0 Å². The molecule has 2 N–H and O–H groups in total. The zero-order valence-corrected chi connectivity index (χ0v) is 12.1. The minimum absolute atomic E-state index is 0.181. The lowest BCUT2D eigenvalue weighted by atomic mass is 10.1. The number of amides is 2. The van der Waals surface area contributed by atoms with E-state index in [0.29, 0.717) is 11.6 Å². The highest BCUT2D eigenvalue weighted by Gasteiger charge is 2.25. The van der Waals surface area contributed by atoms with Gasteiger partial charge in [0.15, 0.2) is 0 Å². The fourth-order valence-corrected chi connectivity index (χ4v) is 2.14. The summed E-state index contributed by atoms with van der Waals surface area (Å²) in [6.07, 6.45) is 1.89. The molecule has 4 nitrogen and oxygen atoms in total. The second-order valence-electron chi connectivity index (χ2n) is 5.37. The molecule has 3 rings (SSSR count). The van der Waals surface area contributed by atoms with Crippen LogP contribution in [0, 0.1) is 11.6 Å². The molecule has 1 saturated carbocycles. The standard InChI is InChI=1S/C17H14F2N2O2/c18-10-5-8-12(14(19)9-10)16(22)21-15-4-2-1-3-13(15)17(23)20-11-6-7-11/h1-5,8-9,11H,6-7H2,(H,20,23)(H,21,22). The van der Waals surface area contributed by atoms with Gasteiger partial charge in [0.25, 0.3) is 11.8 Å². The summed E-state index contributed by atoms with van der Waals surface area (Å²) in [5, 5.41) is 5.33. The van der Waals surface area contributed by atoms with Crippen molar-refractivity contribution in [2.75, 3.05) is 5.32 Å². The van der Waals surface area contributed by atoms with Crippen LogP contribution in [0.3, 0.4) is 0 Å². The van der Waals surface area contributed by atoms with E-state index in [0.717, 1.165) is 25.0 Å². The Morgan fingerprint density at radius 2 is 1.70 bits per heavy atom. The molecule has 1 fully saturated rings. The van der Waals surface area contributed by atoms with E-state index in [2.05, 4.69) is 10.6 Å². The summed E-state index contributed by atoms with van der Waals surface area (Å²) in [6, 6.07) is 9.36. The Morgan fingerprint density at radius 3 is 2.39 bits per heavy atom. The van der Waals surface area contributed by atoms with Crippen molar-refractivity contribution in [1.29, 1.82) is 0 Å². The van der Waals surface area contributed by atoms with Crippen molar-refractivity contribution >= 4 is 17.5 Å².